The number of thiophene rings is 2. The second-order valence-corrected chi connectivity index (χ2v) is 7.41. The summed E-state index contributed by atoms with van der Waals surface area (Å²) in [4.78, 5) is 16.9. The third-order valence-electron chi connectivity index (χ3n) is 3.63. The van der Waals surface area contributed by atoms with Crippen LogP contribution in [-0.2, 0) is 17.9 Å². The second kappa shape index (κ2) is 8.69. The number of methoxy groups -OCH3 is 1. The summed E-state index contributed by atoms with van der Waals surface area (Å²) in [5.74, 6) is 1.15. The van der Waals surface area contributed by atoms with Crippen LogP contribution in [0.3, 0.4) is 0 Å². The lowest BCUT2D eigenvalue weighted by molar-refractivity contribution is -0.134. The zero-order valence-electron chi connectivity index (χ0n) is 13.9. The Hall–Kier alpha value is -2.31. The van der Waals surface area contributed by atoms with Gasteiger partial charge in [-0.05, 0) is 35.0 Å². The molecule has 0 atom stereocenters. The van der Waals surface area contributed by atoms with Crippen LogP contribution in [0.15, 0.2) is 59.3 Å². The van der Waals surface area contributed by atoms with Gasteiger partial charge in [-0.15, -0.1) is 22.7 Å². The second-order valence-electron chi connectivity index (χ2n) is 5.35. The molecule has 2 heterocycles. The standard InChI is InChI=1S/C19H19NO3S2/c1-22-17-8-2-3-9-18(17)23-14-19(21)20(12-15-6-4-10-24-15)13-16-7-5-11-25-16/h2-11H,12-14H2,1H3. The summed E-state index contributed by atoms with van der Waals surface area (Å²) in [6.07, 6.45) is 0. The number of hydrogen-bond acceptors (Lipinski definition) is 5. The van der Waals surface area contributed by atoms with Gasteiger partial charge >= 0.3 is 0 Å². The van der Waals surface area contributed by atoms with Crippen molar-refractivity contribution in [2.75, 3.05) is 13.7 Å². The average molecular weight is 373 g/mol. The molecule has 3 rings (SSSR count). The van der Waals surface area contributed by atoms with E-state index in [-0.39, 0.29) is 12.5 Å². The molecule has 0 aliphatic carbocycles. The Morgan fingerprint density at radius 3 is 2.04 bits per heavy atom. The molecule has 0 unspecified atom stereocenters. The van der Waals surface area contributed by atoms with Crippen molar-refractivity contribution in [2.24, 2.45) is 0 Å². The largest absolute Gasteiger partial charge is 0.493 e. The highest BCUT2D eigenvalue weighted by atomic mass is 32.1. The smallest absolute Gasteiger partial charge is 0.261 e. The Labute approximate surface area is 155 Å². The van der Waals surface area contributed by atoms with E-state index >= 15 is 0 Å². The van der Waals surface area contributed by atoms with Crippen molar-refractivity contribution in [3.63, 3.8) is 0 Å². The number of para-hydroxylation sites is 2. The van der Waals surface area contributed by atoms with Crippen molar-refractivity contribution >= 4 is 28.6 Å². The Balaban J connectivity index is 1.67. The monoisotopic (exact) mass is 373 g/mol. The van der Waals surface area contributed by atoms with Gasteiger partial charge in [-0.3, -0.25) is 4.79 Å². The maximum Gasteiger partial charge on any atom is 0.261 e. The van der Waals surface area contributed by atoms with E-state index in [0.29, 0.717) is 24.6 Å². The summed E-state index contributed by atoms with van der Waals surface area (Å²) in [5, 5.41) is 4.04. The van der Waals surface area contributed by atoms with Crippen molar-refractivity contribution in [1.82, 2.24) is 4.90 Å². The van der Waals surface area contributed by atoms with Crippen LogP contribution in [0.4, 0.5) is 0 Å². The number of ether oxygens (including phenoxy) is 2. The van der Waals surface area contributed by atoms with Gasteiger partial charge in [0.15, 0.2) is 18.1 Å². The van der Waals surface area contributed by atoms with Gasteiger partial charge in [0.1, 0.15) is 0 Å². The summed E-state index contributed by atoms with van der Waals surface area (Å²) < 4.78 is 11.0. The molecule has 25 heavy (non-hydrogen) atoms. The topological polar surface area (TPSA) is 38.8 Å². The van der Waals surface area contributed by atoms with Gasteiger partial charge in [0.2, 0.25) is 0 Å². The first-order valence-corrected chi connectivity index (χ1v) is 9.60. The highest BCUT2D eigenvalue weighted by molar-refractivity contribution is 7.10. The molecule has 1 amide bonds. The van der Waals surface area contributed by atoms with Gasteiger partial charge in [0.25, 0.3) is 5.91 Å². The van der Waals surface area contributed by atoms with Crippen LogP contribution < -0.4 is 9.47 Å². The first-order chi connectivity index (χ1) is 12.3. The minimum Gasteiger partial charge on any atom is -0.493 e. The molecule has 0 radical (unpaired) electrons. The van der Waals surface area contributed by atoms with Gasteiger partial charge in [0, 0.05) is 9.75 Å². The van der Waals surface area contributed by atoms with E-state index in [4.69, 9.17) is 9.47 Å². The van der Waals surface area contributed by atoms with Crippen molar-refractivity contribution in [3.8, 4) is 11.5 Å². The number of benzene rings is 1. The first-order valence-electron chi connectivity index (χ1n) is 7.84. The molecule has 0 saturated heterocycles. The fourth-order valence-electron chi connectivity index (χ4n) is 2.38. The molecule has 0 N–H and O–H groups in total. The maximum absolute atomic E-state index is 12.7. The highest BCUT2D eigenvalue weighted by Crippen LogP contribution is 2.26. The molecule has 0 saturated carbocycles. The van der Waals surface area contributed by atoms with E-state index in [1.54, 1.807) is 35.8 Å². The van der Waals surface area contributed by atoms with Crippen molar-refractivity contribution in [1.29, 1.82) is 0 Å². The molecule has 0 aliphatic rings. The Morgan fingerprint density at radius 2 is 1.52 bits per heavy atom. The van der Waals surface area contributed by atoms with Gasteiger partial charge in [-0.2, -0.15) is 0 Å². The summed E-state index contributed by atoms with van der Waals surface area (Å²) in [7, 11) is 1.59. The van der Waals surface area contributed by atoms with Crippen LogP contribution in [0.5, 0.6) is 11.5 Å². The summed E-state index contributed by atoms with van der Waals surface area (Å²) in [5.41, 5.74) is 0. The van der Waals surface area contributed by atoms with Crippen LogP contribution in [0.2, 0.25) is 0 Å². The zero-order valence-corrected chi connectivity index (χ0v) is 15.5. The minimum absolute atomic E-state index is 0.0167. The fraction of sp³-hybridized carbons (Fsp3) is 0.211. The maximum atomic E-state index is 12.7. The Kier molecular flexibility index (Phi) is 6.09. The highest BCUT2D eigenvalue weighted by Gasteiger charge is 2.17. The molecule has 1 aromatic carbocycles. The van der Waals surface area contributed by atoms with E-state index in [2.05, 4.69) is 0 Å². The van der Waals surface area contributed by atoms with Crippen LogP contribution in [0.1, 0.15) is 9.75 Å². The molecule has 0 bridgehead atoms. The van der Waals surface area contributed by atoms with Gasteiger partial charge < -0.3 is 14.4 Å². The molecule has 0 aliphatic heterocycles. The van der Waals surface area contributed by atoms with Crippen LogP contribution in [-0.4, -0.2) is 24.5 Å². The number of hydrogen-bond donors (Lipinski definition) is 0. The molecular weight excluding hydrogens is 354 g/mol. The fourth-order valence-corrected chi connectivity index (χ4v) is 3.82. The average Bonchev–Trinajstić information content (AvgIpc) is 3.33. The van der Waals surface area contributed by atoms with E-state index in [0.717, 1.165) is 9.75 Å². The van der Waals surface area contributed by atoms with Crippen LogP contribution >= 0.6 is 22.7 Å². The summed E-state index contributed by atoms with van der Waals surface area (Å²) in [6, 6.07) is 15.4. The van der Waals surface area contributed by atoms with Crippen LogP contribution in [0.25, 0.3) is 0 Å². The van der Waals surface area contributed by atoms with Gasteiger partial charge in [0.05, 0.1) is 20.2 Å². The number of nitrogens with zero attached hydrogens (tertiary/aromatic N) is 1. The quantitative estimate of drug-likeness (QED) is 0.586. The third kappa shape index (κ3) is 4.84. The van der Waals surface area contributed by atoms with Gasteiger partial charge in [-0.1, -0.05) is 24.3 Å². The number of rotatable bonds is 8. The molecule has 3 aromatic rings. The predicted octanol–water partition coefficient (Wildman–Crippen LogP) is 4.43. The van der Waals surface area contributed by atoms with Crippen molar-refractivity contribution in [2.45, 2.75) is 13.1 Å². The lowest BCUT2D eigenvalue weighted by Crippen LogP contribution is -2.33. The lowest BCUT2D eigenvalue weighted by Gasteiger charge is -2.22. The van der Waals surface area contributed by atoms with Gasteiger partial charge in [-0.25, -0.2) is 0 Å². The number of carbonyl (C=O) groups is 1. The molecule has 0 spiro atoms. The normalized spacial score (nSPS) is 10.4. The molecule has 6 heteroatoms. The molecule has 0 fully saturated rings. The zero-order chi connectivity index (χ0) is 17.5. The molecular formula is C19H19NO3S2. The van der Waals surface area contributed by atoms with E-state index in [1.807, 2.05) is 58.1 Å². The van der Waals surface area contributed by atoms with Crippen LogP contribution in [0, 0.1) is 0 Å². The van der Waals surface area contributed by atoms with E-state index in [9.17, 15) is 4.79 Å². The number of amides is 1. The minimum atomic E-state index is -0.0484. The predicted molar refractivity (Wildman–Crippen MR) is 101 cm³/mol. The lowest BCUT2D eigenvalue weighted by atomic mass is 10.3. The Bertz CT molecular complexity index is 749. The molecule has 4 nitrogen and oxygen atoms in total. The summed E-state index contributed by atoms with van der Waals surface area (Å²) in [6.45, 7) is 1.16. The SMILES string of the molecule is COc1ccccc1OCC(=O)N(Cc1cccs1)Cc1cccs1. The Morgan fingerprint density at radius 1 is 0.920 bits per heavy atom. The van der Waals surface area contributed by atoms with Crippen molar-refractivity contribution in [3.05, 3.63) is 69.0 Å². The first kappa shape index (κ1) is 17.5. The van der Waals surface area contributed by atoms with E-state index < -0.39 is 0 Å². The molecule has 2 aromatic heterocycles. The third-order valence-corrected chi connectivity index (χ3v) is 5.35. The molecule has 130 valence electrons. The number of carbonyl (C=O) groups excluding carboxylic acids is 1. The summed E-state index contributed by atoms with van der Waals surface area (Å²) >= 11 is 3.30. The van der Waals surface area contributed by atoms with E-state index in [1.165, 1.54) is 0 Å². The van der Waals surface area contributed by atoms with Crippen molar-refractivity contribution < 1.29 is 14.3 Å².